The number of amides is 2. The van der Waals surface area contributed by atoms with Crippen LogP contribution in [0.4, 0.5) is 4.39 Å². The molecule has 2 amide bonds. The van der Waals surface area contributed by atoms with Crippen molar-refractivity contribution in [1.29, 1.82) is 0 Å². The lowest BCUT2D eigenvalue weighted by Crippen LogP contribution is -2.51. The Labute approximate surface area is 143 Å². The molecular formula is C18H26FN3O2. The Morgan fingerprint density at radius 3 is 2.29 bits per heavy atom. The van der Waals surface area contributed by atoms with E-state index in [0.717, 1.165) is 0 Å². The van der Waals surface area contributed by atoms with E-state index in [0.29, 0.717) is 56.9 Å². The quantitative estimate of drug-likeness (QED) is 0.824. The van der Waals surface area contributed by atoms with Crippen molar-refractivity contribution in [3.8, 4) is 0 Å². The van der Waals surface area contributed by atoms with Crippen LogP contribution in [0.15, 0.2) is 18.2 Å². The highest BCUT2D eigenvalue weighted by Crippen LogP contribution is 2.13. The predicted molar refractivity (Wildman–Crippen MR) is 91.4 cm³/mol. The zero-order chi connectivity index (χ0) is 17.7. The average molecular weight is 335 g/mol. The van der Waals surface area contributed by atoms with Crippen LogP contribution in [0, 0.1) is 12.7 Å². The van der Waals surface area contributed by atoms with Crippen LogP contribution in [0.25, 0.3) is 0 Å². The lowest BCUT2D eigenvalue weighted by Gasteiger charge is -2.35. The molecule has 5 nitrogen and oxygen atoms in total. The van der Waals surface area contributed by atoms with Gasteiger partial charge < -0.3 is 9.80 Å². The molecule has 1 aliphatic heterocycles. The van der Waals surface area contributed by atoms with E-state index in [-0.39, 0.29) is 17.6 Å². The Bertz CT molecular complexity index is 594. The minimum atomic E-state index is -0.357. The maximum Gasteiger partial charge on any atom is 0.254 e. The molecular weight excluding hydrogens is 309 g/mol. The van der Waals surface area contributed by atoms with E-state index in [4.69, 9.17) is 0 Å². The molecule has 0 radical (unpaired) electrons. The predicted octanol–water partition coefficient (Wildman–Crippen LogP) is 1.76. The minimum Gasteiger partial charge on any atom is -0.342 e. The summed E-state index contributed by atoms with van der Waals surface area (Å²) >= 11 is 0. The van der Waals surface area contributed by atoms with Crippen LogP contribution in [-0.2, 0) is 4.79 Å². The Hall–Kier alpha value is -1.95. The highest BCUT2D eigenvalue weighted by atomic mass is 19.1. The van der Waals surface area contributed by atoms with Crippen LogP contribution in [-0.4, -0.2) is 72.3 Å². The molecule has 1 aromatic rings. The average Bonchev–Trinajstić information content (AvgIpc) is 2.58. The summed E-state index contributed by atoms with van der Waals surface area (Å²) in [6.07, 6.45) is 0. The van der Waals surface area contributed by atoms with Crippen molar-refractivity contribution in [2.24, 2.45) is 0 Å². The van der Waals surface area contributed by atoms with E-state index in [2.05, 4.69) is 4.90 Å². The lowest BCUT2D eigenvalue weighted by atomic mass is 10.1. The Balaban J connectivity index is 1.89. The first-order chi connectivity index (χ1) is 11.5. The molecule has 1 aliphatic rings. The molecule has 1 heterocycles. The van der Waals surface area contributed by atoms with Gasteiger partial charge >= 0.3 is 0 Å². The molecule has 1 saturated heterocycles. The normalized spacial score (nSPS) is 15.4. The van der Waals surface area contributed by atoms with E-state index >= 15 is 0 Å². The zero-order valence-electron chi connectivity index (χ0n) is 14.7. The summed E-state index contributed by atoms with van der Waals surface area (Å²) in [4.78, 5) is 30.2. The number of carbonyl (C=O) groups is 2. The summed E-state index contributed by atoms with van der Waals surface area (Å²) in [7, 11) is 0. The minimum absolute atomic E-state index is 0.125. The molecule has 0 saturated carbocycles. The monoisotopic (exact) mass is 335 g/mol. The van der Waals surface area contributed by atoms with Gasteiger partial charge in [-0.2, -0.15) is 0 Å². The molecule has 2 rings (SSSR count). The molecule has 132 valence electrons. The summed E-state index contributed by atoms with van der Waals surface area (Å²) in [5, 5.41) is 0. The fourth-order valence-corrected chi connectivity index (χ4v) is 2.89. The number of benzene rings is 1. The number of piperazine rings is 1. The van der Waals surface area contributed by atoms with Crippen molar-refractivity contribution in [3.05, 3.63) is 35.1 Å². The van der Waals surface area contributed by atoms with Crippen molar-refractivity contribution in [2.75, 3.05) is 45.8 Å². The topological polar surface area (TPSA) is 43.9 Å². The Morgan fingerprint density at radius 2 is 1.75 bits per heavy atom. The molecule has 0 atom stereocenters. The first-order valence-electron chi connectivity index (χ1n) is 8.51. The van der Waals surface area contributed by atoms with Gasteiger partial charge in [0.25, 0.3) is 5.91 Å². The fraction of sp³-hybridized carbons (Fsp3) is 0.556. The molecule has 0 N–H and O–H groups in total. The van der Waals surface area contributed by atoms with Gasteiger partial charge in [0, 0.05) is 44.8 Å². The van der Waals surface area contributed by atoms with Gasteiger partial charge in [0.1, 0.15) is 5.82 Å². The second kappa shape index (κ2) is 8.24. The summed E-state index contributed by atoms with van der Waals surface area (Å²) in [5.41, 5.74) is 0.914. The van der Waals surface area contributed by atoms with Crippen molar-refractivity contribution in [3.63, 3.8) is 0 Å². The Morgan fingerprint density at radius 1 is 1.12 bits per heavy atom. The van der Waals surface area contributed by atoms with Gasteiger partial charge in [0.15, 0.2) is 0 Å². The highest BCUT2D eigenvalue weighted by molar-refractivity contribution is 5.94. The smallest absolute Gasteiger partial charge is 0.254 e. The fourth-order valence-electron chi connectivity index (χ4n) is 2.89. The molecule has 1 fully saturated rings. The molecule has 0 unspecified atom stereocenters. The molecule has 0 aromatic heterocycles. The van der Waals surface area contributed by atoms with Crippen LogP contribution >= 0.6 is 0 Å². The van der Waals surface area contributed by atoms with Gasteiger partial charge in [-0.05, 0) is 38.5 Å². The number of aryl methyl sites for hydroxylation is 1. The summed E-state index contributed by atoms with van der Waals surface area (Å²) in [6.45, 7) is 9.87. The van der Waals surface area contributed by atoms with Crippen LogP contribution in [0.2, 0.25) is 0 Å². The lowest BCUT2D eigenvalue weighted by molar-refractivity contribution is -0.132. The van der Waals surface area contributed by atoms with E-state index in [9.17, 15) is 14.0 Å². The molecule has 0 aliphatic carbocycles. The number of nitrogens with zero attached hydrogens (tertiary/aromatic N) is 3. The maximum absolute atomic E-state index is 13.6. The van der Waals surface area contributed by atoms with Crippen molar-refractivity contribution < 1.29 is 14.0 Å². The third-order valence-corrected chi connectivity index (χ3v) is 4.55. The number of hydrogen-bond acceptors (Lipinski definition) is 3. The first-order valence-corrected chi connectivity index (χ1v) is 8.51. The molecule has 24 heavy (non-hydrogen) atoms. The summed E-state index contributed by atoms with van der Waals surface area (Å²) < 4.78 is 13.6. The third-order valence-electron chi connectivity index (χ3n) is 4.55. The number of likely N-dealkylation sites (N-methyl/N-ethyl adjacent to an activating group) is 1. The van der Waals surface area contributed by atoms with Gasteiger partial charge in [0.2, 0.25) is 5.91 Å². The second-order valence-electron chi connectivity index (χ2n) is 6.10. The van der Waals surface area contributed by atoms with Gasteiger partial charge in [-0.25, -0.2) is 4.39 Å². The molecule has 0 bridgehead atoms. The number of rotatable bonds is 5. The van der Waals surface area contributed by atoms with Crippen LogP contribution < -0.4 is 0 Å². The molecule has 0 spiro atoms. The molecule has 1 aromatic carbocycles. The number of halogens is 1. The van der Waals surface area contributed by atoms with Crippen LogP contribution in [0.3, 0.4) is 0 Å². The highest BCUT2D eigenvalue weighted by Gasteiger charge is 2.24. The van der Waals surface area contributed by atoms with Gasteiger partial charge in [-0.15, -0.1) is 0 Å². The van der Waals surface area contributed by atoms with Crippen molar-refractivity contribution >= 4 is 11.8 Å². The van der Waals surface area contributed by atoms with Gasteiger partial charge in [-0.3, -0.25) is 14.5 Å². The van der Waals surface area contributed by atoms with Crippen molar-refractivity contribution in [2.45, 2.75) is 20.8 Å². The summed E-state index contributed by atoms with van der Waals surface area (Å²) in [6, 6.07) is 4.59. The summed E-state index contributed by atoms with van der Waals surface area (Å²) in [5.74, 6) is -0.381. The van der Waals surface area contributed by atoms with Crippen LogP contribution in [0.1, 0.15) is 29.8 Å². The largest absolute Gasteiger partial charge is 0.342 e. The Kier molecular flexibility index (Phi) is 6.31. The van der Waals surface area contributed by atoms with E-state index in [1.165, 1.54) is 6.07 Å². The maximum atomic E-state index is 13.6. The van der Waals surface area contributed by atoms with Crippen LogP contribution in [0.5, 0.6) is 0 Å². The van der Waals surface area contributed by atoms with Gasteiger partial charge in [-0.1, -0.05) is 6.07 Å². The van der Waals surface area contributed by atoms with E-state index in [1.807, 2.05) is 18.7 Å². The third kappa shape index (κ3) is 4.32. The SMILES string of the molecule is CCN(CC)C(=O)CN1CCN(C(=O)c2ccc(C)c(F)c2)CC1. The second-order valence-corrected chi connectivity index (χ2v) is 6.10. The van der Waals surface area contributed by atoms with Gasteiger partial charge in [0.05, 0.1) is 6.54 Å². The standard InChI is InChI=1S/C18H26FN3O2/c1-4-21(5-2)17(23)13-20-8-10-22(11-9-20)18(24)15-7-6-14(3)16(19)12-15/h6-7,12H,4-5,8-11,13H2,1-3H3. The zero-order valence-corrected chi connectivity index (χ0v) is 14.7. The number of carbonyl (C=O) groups excluding carboxylic acids is 2. The number of hydrogen-bond donors (Lipinski definition) is 0. The first kappa shape index (κ1) is 18.4. The van der Waals surface area contributed by atoms with Crippen molar-refractivity contribution in [1.82, 2.24) is 14.7 Å². The van der Waals surface area contributed by atoms with E-state index < -0.39 is 0 Å². The van der Waals surface area contributed by atoms with E-state index in [1.54, 1.807) is 24.0 Å². The molecule has 6 heteroatoms.